The van der Waals surface area contributed by atoms with Crippen LogP contribution in [0.25, 0.3) is 0 Å². The molecule has 114 valence electrons. The Morgan fingerprint density at radius 3 is 2.27 bits per heavy atom. The van der Waals surface area contributed by atoms with Crippen molar-refractivity contribution in [2.45, 2.75) is 6.54 Å². The van der Waals surface area contributed by atoms with Crippen molar-refractivity contribution in [3.63, 3.8) is 0 Å². The first-order chi connectivity index (χ1) is 10.5. The molecule has 0 bridgehead atoms. The van der Waals surface area contributed by atoms with E-state index < -0.39 is 17.5 Å². The van der Waals surface area contributed by atoms with Crippen molar-refractivity contribution in [2.24, 2.45) is 0 Å². The van der Waals surface area contributed by atoms with E-state index in [0.717, 1.165) is 17.7 Å². The standard InChI is InChI=1S/C15H13F2N3OS/c16-12-6-11(7-13(17)8-12)14(21)19-20-15(22)18-9-10-4-2-1-3-5-10/h1-8H,9H2,(H,19,21)(H2,18,20,22). The normalized spacial score (nSPS) is 9.91. The molecule has 2 aromatic carbocycles. The molecule has 0 saturated heterocycles. The third-order valence-corrected chi connectivity index (χ3v) is 2.96. The second kappa shape index (κ2) is 7.46. The predicted molar refractivity (Wildman–Crippen MR) is 82.8 cm³/mol. The number of hydrogen-bond donors (Lipinski definition) is 3. The minimum absolute atomic E-state index is 0.143. The smallest absolute Gasteiger partial charge is 0.269 e. The average Bonchev–Trinajstić information content (AvgIpc) is 2.50. The number of carbonyl (C=O) groups excluding carboxylic acids is 1. The van der Waals surface area contributed by atoms with Gasteiger partial charge in [0.05, 0.1) is 0 Å². The lowest BCUT2D eigenvalue weighted by atomic mass is 10.2. The van der Waals surface area contributed by atoms with Crippen molar-refractivity contribution in [1.82, 2.24) is 16.2 Å². The quantitative estimate of drug-likeness (QED) is 0.600. The van der Waals surface area contributed by atoms with Gasteiger partial charge in [0.25, 0.3) is 5.91 Å². The molecule has 7 heteroatoms. The maximum Gasteiger partial charge on any atom is 0.269 e. The fourth-order valence-corrected chi connectivity index (χ4v) is 1.82. The van der Waals surface area contributed by atoms with Gasteiger partial charge in [-0.15, -0.1) is 0 Å². The third-order valence-electron chi connectivity index (χ3n) is 2.71. The van der Waals surface area contributed by atoms with Crippen molar-refractivity contribution >= 4 is 23.2 Å². The molecule has 0 radical (unpaired) electrons. The Balaban J connectivity index is 1.81. The number of carbonyl (C=O) groups is 1. The van der Waals surface area contributed by atoms with E-state index in [2.05, 4.69) is 16.2 Å². The van der Waals surface area contributed by atoms with Crippen LogP contribution in [-0.4, -0.2) is 11.0 Å². The summed E-state index contributed by atoms with van der Waals surface area (Å²) in [6.45, 7) is 0.483. The Bertz CT molecular complexity index is 659. The number of halogens is 2. The number of nitrogens with one attached hydrogen (secondary N) is 3. The van der Waals surface area contributed by atoms with Crippen LogP contribution in [0.3, 0.4) is 0 Å². The Morgan fingerprint density at radius 1 is 1.00 bits per heavy atom. The second-order valence-corrected chi connectivity index (χ2v) is 4.81. The van der Waals surface area contributed by atoms with Crippen LogP contribution in [0, 0.1) is 11.6 Å². The summed E-state index contributed by atoms with van der Waals surface area (Å²) in [5.41, 5.74) is 5.61. The summed E-state index contributed by atoms with van der Waals surface area (Å²) in [5, 5.41) is 3.07. The minimum atomic E-state index is -0.824. The van der Waals surface area contributed by atoms with E-state index in [1.807, 2.05) is 30.3 Å². The van der Waals surface area contributed by atoms with Crippen molar-refractivity contribution in [1.29, 1.82) is 0 Å². The highest BCUT2D eigenvalue weighted by Crippen LogP contribution is 2.07. The molecule has 0 fully saturated rings. The summed E-state index contributed by atoms with van der Waals surface area (Å²) in [6, 6.07) is 12.1. The largest absolute Gasteiger partial charge is 0.357 e. The van der Waals surface area contributed by atoms with Crippen molar-refractivity contribution in [3.8, 4) is 0 Å². The Labute approximate surface area is 131 Å². The SMILES string of the molecule is O=C(NNC(=S)NCc1ccccc1)c1cc(F)cc(F)c1. The molecule has 0 aromatic heterocycles. The lowest BCUT2D eigenvalue weighted by Crippen LogP contribution is -2.46. The van der Waals surface area contributed by atoms with Crippen molar-refractivity contribution in [2.75, 3.05) is 0 Å². The first-order valence-corrected chi connectivity index (χ1v) is 6.79. The third kappa shape index (κ3) is 4.78. The van der Waals surface area contributed by atoms with Crippen LogP contribution in [0.5, 0.6) is 0 Å². The van der Waals surface area contributed by atoms with Crippen LogP contribution >= 0.6 is 12.2 Å². The molecule has 0 saturated carbocycles. The van der Waals surface area contributed by atoms with Crippen LogP contribution in [0.1, 0.15) is 15.9 Å². The number of amides is 1. The first-order valence-electron chi connectivity index (χ1n) is 6.39. The minimum Gasteiger partial charge on any atom is -0.357 e. The van der Waals surface area contributed by atoms with Crippen molar-refractivity contribution in [3.05, 3.63) is 71.3 Å². The molecule has 0 aliphatic rings. The van der Waals surface area contributed by atoms with Gasteiger partial charge in [0, 0.05) is 18.2 Å². The van der Waals surface area contributed by atoms with Crippen LogP contribution in [-0.2, 0) is 6.54 Å². The molecule has 2 aromatic rings. The molecule has 0 atom stereocenters. The highest BCUT2D eigenvalue weighted by molar-refractivity contribution is 7.80. The van der Waals surface area contributed by atoms with E-state index in [-0.39, 0.29) is 10.7 Å². The Kier molecular flexibility index (Phi) is 5.37. The summed E-state index contributed by atoms with van der Waals surface area (Å²) in [4.78, 5) is 11.7. The van der Waals surface area contributed by atoms with Gasteiger partial charge in [-0.25, -0.2) is 8.78 Å². The number of hydrazine groups is 1. The molecule has 4 nitrogen and oxygen atoms in total. The number of thiocarbonyl (C=S) groups is 1. The van der Waals surface area contributed by atoms with Gasteiger partial charge in [-0.3, -0.25) is 15.6 Å². The van der Waals surface area contributed by atoms with Crippen molar-refractivity contribution < 1.29 is 13.6 Å². The van der Waals surface area contributed by atoms with Crippen LogP contribution < -0.4 is 16.2 Å². The molecule has 1 amide bonds. The van der Waals surface area contributed by atoms with Gasteiger partial charge >= 0.3 is 0 Å². The molecular weight excluding hydrogens is 308 g/mol. The summed E-state index contributed by atoms with van der Waals surface area (Å²) in [7, 11) is 0. The number of hydrogen-bond acceptors (Lipinski definition) is 2. The van der Waals surface area contributed by atoms with Gasteiger partial charge in [-0.05, 0) is 29.9 Å². The monoisotopic (exact) mass is 321 g/mol. The zero-order chi connectivity index (χ0) is 15.9. The first kappa shape index (κ1) is 15.8. The highest BCUT2D eigenvalue weighted by atomic mass is 32.1. The van der Waals surface area contributed by atoms with Crippen LogP contribution in [0.2, 0.25) is 0 Å². The molecule has 3 N–H and O–H groups in total. The van der Waals surface area contributed by atoms with Gasteiger partial charge in [0.15, 0.2) is 5.11 Å². The summed E-state index contributed by atoms with van der Waals surface area (Å²) < 4.78 is 26.0. The zero-order valence-electron chi connectivity index (χ0n) is 11.4. The molecule has 0 unspecified atom stereocenters. The number of rotatable bonds is 3. The van der Waals surface area contributed by atoms with E-state index >= 15 is 0 Å². The molecule has 0 aliphatic heterocycles. The average molecular weight is 321 g/mol. The molecule has 0 spiro atoms. The highest BCUT2D eigenvalue weighted by Gasteiger charge is 2.09. The zero-order valence-corrected chi connectivity index (χ0v) is 12.2. The number of benzene rings is 2. The predicted octanol–water partition coefficient (Wildman–Crippen LogP) is 2.27. The fourth-order valence-electron chi connectivity index (χ4n) is 1.69. The van der Waals surface area contributed by atoms with Crippen LogP contribution in [0.15, 0.2) is 48.5 Å². The second-order valence-electron chi connectivity index (χ2n) is 4.41. The summed E-state index contributed by atoms with van der Waals surface area (Å²) in [6.07, 6.45) is 0. The maximum absolute atomic E-state index is 13.0. The summed E-state index contributed by atoms with van der Waals surface area (Å²) in [5.74, 6) is -2.34. The Morgan fingerprint density at radius 2 is 1.64 bits per heavy atom. The molecule has 22 heavy (non-hydrogen) atoms. The van der Waals surface area contributed by atoms with E-state index in [9.17, 15) is 13.6 Å². The van der Waals surface area contributed by atoms with Gasteiger partial charge in [-0.2, -0.15) is 0 Å². The summed E-state index contributed by atoms with van der Waals surface area (Å²) >= 11 is 4.99. The van der Waals surface area contributed by atoms with E-state index in [0.29, 0.717) is 12.6 Å². The van der Waals surface area contributed by atoms with Gasteiger partial charge in [0.2, 0.25) is 0 Å². The van der Waals surface area contributed by atoms with Gasteiger partial charge < -0.3 is 5.32 Å². The molecular formula is C15H13F2N3OS. The molecule has 0 aliphatic carbocycles. The fraction of sp³-hybridized carbons (Fsp3) is 0.0667. The van der Waals surface area contributed by atoms with Gasteiger partial charge in [-0.1, -0.05) is 30.3 Å². The van der Waals surface area contributed by atoms with E-state index in [1.54, 1.807) is 0 Å². The Hall–Kier alpha value is -2.54. The molecule has 0 heterocycles. The van der Waals surface area contributed by atoms with E-state index in [1.165, 1.54) is 0 Å². The maximum atomic E-state index is 13.0. The lowest BCUT2D eigenvalue weighted by molar-refractivity contribution is 0.0942. The van der Waals surface area contributed by atoms with E-state index in [4.69, 9.17) is 12.2 Å². The lowest BCUT2D eigenvalue weighted by Gasteiger charge is -2.11. The van der Waals surface area contributed by atoms with Crippen LogP contribution in [0.4, 0.5) is 8.78 Å². The van der Waals surface area contributed by atoms with Gasteiger partial charge in [0.1, 0.15) is 11.6 Å². The molecule has 2 rings (SSSR count). The topological polar surface area (TPSA) is 53.2 Å².